The molecule has 1 fully saturated rings. The number of thiazole rings is 1. The molecule has 9 heteroatoms. The maximum Gasteiger partial charge on any atom is 0.270 e. The average molecular weight is 452 g/mol. The Labute approximate surface area is 184 Å². The lowest BCUT2D eigenvalue weighted by atomic mass is 10.1. The summed E-state index contributed by atoms with van der Waals surface area (Å²) in [5.74, 6) is 0.0773. The molecular formula is C21H13N3O3S3. The molecular weight excluding hydrogens is 438 g/mol. The van der Waals surface area contributed by atoms with E-state index in [9.17, 15) is 9.59 Å². The minimum Gasteiger partial charge on any atom is -0.497 e. The Morgan fingerprint density at radius 1 is 1.27 bits per heavy atom. The Morgan fingerprint density at radius 2 is 2.13 bits per heavy atom. The Hall–Kier alpha value is -3.01. The molecule has 2 aromatic heterocycles. The van der Waals surface area contributed by atoms with E-state index in [2.05, 4.69) is 9.97 Å². The van der Waals surface area contributed by atoms with Gasteiger partial charge in [0.2, 0.25) is 0 Å². The third-order valence-corrected chi connectivity index (χ3v) is 6.88. The summed E-state index contributed by atoms with van der Waals surface area (Å²) < 4.78 is 6.61. The van der Waals surface area contributed by atoms with Gasteiger partial charge >= 0.3 is 0 Å². The van der Waals surface area contributed by atoms with Gasteiger partial charge < -0.3 is 9.72 Å². The molecule has 5 rings (SSSR count). The van der Waals surface area contributed by atoms with Crippen molar-refractivity contribution in [2.24, 2.45) is 0 Å². The fraction of sp³-hybridized carbons (Fsp3) is 0.0476. The van der Waals surface area contributed by atoms with Crippen molar-refractivity contribution in [2.75, 3.05) is 12.0 Å². The van der Waals surface area contributed by atoms with Gasteiger partial charge in [-0.05, 0) is 36.4 Å². The number of nitrogens with one attached hydrogen (secondary N) is 1. The highest BCUT2D eigenvalue weighted by Crippen LogP contribution is 2.37. The second kappa shape index (κ2) is 7.35. The molecule has 6 nitrogen and oxygen atoms in total. The van der Waals surface area contributed by atoms with E-state index < -0.39 is 0 Å². The highest BCUT2D eigenvalue weighted by molar-refractivity contribution is 8.27. The Bertz CT molecular complexity index is 1390. The van der Waals surface area contributed by atoms with Crippen LogP contribution in [0.15, 0.2) is 59.1 Å². The van der Waals surface area contributed by atoms with Crippen LogP contribution in [0.1, 0.15) is 10.4 Å². The van der Waals surface area contributed by atoms with Crippen molar-refractivity contribution in [3.05, 3.63) is 64.7 Å². The van der Waals surface area contributed by atoms with Gasteiger partial charge in [-0.1, -0.05) is 24.0 Å². The highest BCUT2D eigenvalue weighted by atomic mass is 32.2. The molecule has 3 heterocycles. The van der Waals surface area contributed by atoms with Crippen molar-refractivity contribution >= 4 is 78.1 Å². The van der Waals surface area contributed by atoms with E-state index in [0.717, 1.165) is 32.9 Å². The SMILES string of the molecule is COc1ccc2[nH]cc(C(=O)/C=C3\SC(=S)N(c4ccc5ncsc5c4)C3=O)c2c1. The molecule has 0 unspecified atom stereocenters. The Balaban J connectivity index is 1.48. The summed E-state index contributed by atoms with van der Waals surface area (Å²) in [7, 11) is 1.57. The Morgan fingerprint density at radius 3 is 2.97 bits per heavy atom. The van der Waals surface area contributed by atoms with E-state index in [-0.39, 0.29) is 11.7 Å². The van der Waals surface area contributed by atoms with Crippen molar-refractivity contribution in [1.82, 2.24) is 9.97 Å². The third-order valence-electron chi connectivity index (χ3n) is 4.78. The van der Waals surface area contributed by atoms with Gasteiger partial charge in [-0.15, -0.1) is 11.3 Å². The molecule has 0 aliphatic carbocycles. The van der Waals surface area contributed by atoms with Crippen molar-refractivity contribution in [3.63, 3.8) is 0 Å². The Kier molecular flexibility index (Phi) is 4.65. The molecule has 30 heavy (non-hydrogen) atoms. The lowest BCUT2D eigenvalue weighted by Crippen LogP contribution is -2.27. The number of hydrogen-bond donors (Lipinski definition) is 1. The van der Waals surface area contributed by atoms with Crippen LogP contribution in [0.3, 0.4) is 0 Å². The quantitative estimate of drug-likeness (QED) is 0.270. The largest absolute Gasteiger partial charge is 0.497 e. The smallest absolute Gasteiger partial charge is 0.270 e. The first-order valence-corrected chi connectivity index (χ1v) is 11.0. The van der Waals surface area contributed by atoms with Crippen molar-refractivity contribution in [2.45, 2.75) is 0 Å². The van der Waals surface area contributed by atoms with Gasteiger partial charge in [-0.3, -0.25) is 14.5 Å². The zero-order chi connectivity index (χ0) is 20.8. The summed E-state index contributed by atoms with van der Waals surface area (Å²) in [4.78, 5) is 35.0. The molecule has 1 N–H and O–H groups in total. The normalized spacial score (nSPS) is 15.6. The number of anilines is 1. The predicted octanol–water partition coefficient (Wildman–Crippen LogP) is 4.92. The van der Waals surface area contributed by atoms with Crippen molar-refractivity contribution in [3.8, 4) is 5.75 Å². The molecule has 0 atom stereocenters. The number of carbonyl (C=O) groups is 2. The lowest BCUT2D eigenvalue weighted by molar-refractivity contribution is -0.113. The number of aromatic amines is 1. The average Bonchev–Trinajstić information content (AvgIpc) is 3.44. The first-order valence-electron chi connectivity index (χ1n) is 8.86. The lowest BCUT2D eigenvalue weighted by Gasteiger charge is -2.14. The van der Waals surface area contributed by atoms with E-state index in [0.29, 0.717) is 26.2 Å². The molecule has 1 amide bonds. The fourth-order valence-electron chi connectivity index (χ4n) is 3.30. The number of thiocarbonyl (C=S) groups is 1. The number of benzene rings is 2. The van der Waals surface area contributed by atoms with E-state index in [4.69, 9.17) is 17.0 Å². The van der Waals surface area contributed by atoms with Crippen LogP contribution in [0.25, 0.3) is 21.1 Å². The summed E-state index contributed by atoms with van der Waals surface area (Å²) in [6.45, 7) is 0. The number of ether oxygens (including phenoxy) is 1. The van der Waals surface area contributed by atoms with E-state index >= 15 is 0 Å². The van der Waals surface area contributed by atoms with Crippen LogP contribution in [-0.4, -0.2) is 33.1 Å². The van der Waals surface area contributed by atoms with Gasteiger partial charge in [0.15, 0.2) is 10.1 Å². The van der Waals surface area contributed by atoms with Gasteiger partial charge in [0.05, 0.1) is 33.4 Å². The van der Waals surface area contributed by atoms with Gasteiger partial charge in [0.1, 0.15) is 5.75 Å². The predicted molar refractivity (Wildman–Crippen MR) is 125 cm³/mol. The second-order valence-electron chi connectivity index (χ2n) is 6.50. The molecule has 148 valence electrons. The number of aromatic nitrogens is 2. The molecule has 0 radical (unpaired) electrons. The van der Waals surface area contributed by atoms with Crippen LogP contribution in [0.4, 0.5) is 5.69 Å². The number of ketones is 1. The molecule has 0 spiro atoms. The monoisotopic (exact) mass is 451 g/mol. The van der Waals surface area contributed by atoms with Crippen molar-refractivity contribution < 1.29 is 14.3 Å². The summed E-state index contributed by atoms with van der Waals surface area (Å²) in [5.41, 5.74) is 4.59. The number of fused-ring (bicyclic) bond motifs is 2. The van der Waals surface area contributed by atoms with E-state index in [1.165, 1.54) is 22.3 Å². The standard InChI is InChI=1S/C21H13N3O3S3/c1-27-12-3-5-15-13(7-12)14(9-22-15)17(25)8-19-20(26)24(21(28)30-19)11-2-4-16-18(6-11)29-10-23-16/h2-10,22H,1H3/b19-8-. The number of allylic oxidation sites excluding steroid dienone is 1. The number of methoxy groups -OCH3 is 1. The summed E-state index contributed by atoms with van der Waals surface area (Å²) in [6, 6.07) is 11.0. The van der Waals surface area contributed by atoms with Gasteiger partial charge in [-0.25, -0.2) is 4.98 Å². The summed E-state index contributed by atoms with van der Waals surface area (Å²) >= 11 is 8.04. The van der Waals surface area contributed by atoms with Gasteiger partial charge in [-0.2, -0.15) is 0 Å². The van der Waals surface area contributed by atoms with Crippen LogP contribution < -0.4 is 9.64 Å². The molecule has 2 aromatic carbocycles. The maximum atomic E-state index is 13.0. The third kappa shape index (κ3) is 3.11. The highest BCUT2D eigenvalue weighted by Gasteiger charge is 2.34. The first kappa shape index (κ1) is 19.0. The molecule has 4 aromatic rings. The zero-order valence-corrected chi connectivity index (χ0v) is 18.0. The van der Waals surface area contributed by atoms with E-state index in [1.54, 1.807) is 24.9 Å². The number of thioether (sulfide) groups is 1. The maximum absolute atomic E-state index is 13.0. The molecule has 0 saturated carbocycles. The minimum absolute atomic E-state index is 0.270. The molecule has 1 saturated heterocycles. The summed E-state index contributed by atoms with van der Waals surface area (Å²) in [5, 5.41) is 0.738. The van der Waals surface area contributed by atoms with Crippen LogP contribution in [-0.2, 0) is 4.79 Å². The minimum atomic E-state index is -0.306. The number of carbonyl (C=O) groups excluding carboxylic acids is 2. The second-order valence-corrected chi connectivity index (χ2v) is 9.06. The van der Waals surface area contributed by atoms with Crippen LogP contribution in [0.5, 0.6) is 5.75 Å². The number of hydrogen-bond acceptors (Lipinski definition) is 7. The number of amides is 1. The molecule has 1 aliphatic rings. The fourth-order valence-corrected chi connectivity index (χ4v) is 5.28. The van der Waals surface area contributed by atoms with Gasteiger partial charge in [0, 0.05) is 28.7 Å². The zero-order valence-electron chi connectivity index (χ0n) is 15.5. The number of nitrogens with zero attached hydrogens (tertiary/aromatic N) is 2. The first-order chi connectivity index (χ1) is 14.5. The van der Waals surface area contributed by atoms with Gasteiger partial charge in [0.25, 0.3) is 5.91 Å². The van der Waals surface area contributed by atoms with Crippen molar-refractivity contribution in [1.29, 1.82) is 0 Å². The van der Waals surface area contributed by atoms with Crippen LogP contribution in [0, 0.1) is 0 Å². The van der Waals surface area contributed by atoms with Crippen LogP contribution in [0.2, 0.25) is 0 Å². The van der Waals surface area contributed by atoms with E-state index in [1.807, 2.05) is 30.3 Å². The topological polar surface area (TPSA) is 75.3 Å². The number of H-pyrrole nitrogens is 1. The summed E-state index contributed by atoms with van der Waals surface area (Å²) in [6.07, 6.45) is 2.99. The number of rotatable bonds is 4. The molecule has 0 bridgehead atoms. The van der Waals surface area contributed by atoms with Crippen LogP contribution >= 0.6 is 35.3 Å². The molecule has 1 aliphatic heterocycles.